The molecule has 9 heavy (non-hydrogen) atoms. The Bertz CT molecular complexity index is 133. The average molecular weight is 122 g/mol. The highest BCUT2D eigenvalue weighted by atomic mass is 14.8. The fourth-order valence-corrected chi connectivity index (χ4v) is 0.887. The van der Waals surface area contributed by atoms with Crippen molar-refractivity contribution in [1.29, 1.82) is 5.26 Å². The molecule has 0 bridgehead atoms. The largest absolute Gasteiger partial charge is 0.390 e. The number of nitrogens with zero attached hydrogens (tertiary/aromatic N) is 1. The maximum Gasteiger partial charge on any atom is 0.0674 e. The monoisotopic (exact) mass is 122 g/mol. The number of allylic oxidation sites excluding steroid dienone is 1. The van der Waals surface area contributed by atoms with Gasteiger partial charge in [0.2, 0.25) is 0 Å². The van der Waals surface area contributed by atoms with Gasteiger partial charge in [0.15, 0.2) is 0 Å². The van der Waals surface area contributed by atoms with E-state index < -0.39 is 0 Å². The van der Waals surface area contributed by atoms with Crippen LogP contribution in [0.4, 0.5) is 0 Å². The van der Waals surface area contributed by atoms with E-state index in [-0.39, 0.29) is 5.92 Å². The number of hydrogen-bond acceptors (Lipinski definition) is 2. The SMILES string of the molecule is N#CC1CCC=CNC1. The maximum atomic E-state index is 8.50. The molecule has 0 aromatic carbocycles. The summed E-state index contributed by atoms with van der Waals surface area (Å²) in [6.45, 7) is 0.812. The Morgan fingerprint density at radius 3 is 3.33 bits per heavy atom. The van der Waals surface area contributed by atoms with Crippen LogP contribution in [0.25, 0.3) is 0 Å². The van der Waals surface area contributed by atoms with Crippen LogP contribution in [0.2, 0.25) is 0 Å². The lowest BCUT2D eigenvalue weighted by atomic mass is 10.1. The molecule has 48 valence electrons. The van der Waals surface area contributed by atoms with Crippen molar-refractivity contribution in [2.75, 3.05) is 6.54 Å². The van der Waals surface area contributed by atoms with Crippen molar-refractivity contribution in [3.63, 3.8) is 0 Å². The summed E-state index contributed by atoms with van der Waals surface area (Å²) in [5, 5.41) is 11.5. The second kappa shape index (κ2) is 3.13. The minimum atomic E-state index is 0.208. The summed E-state index contributed by atoms with van der Waals surface area (Å²) < 4.78 is 0. The van der Waals surface area contributed by atoms with E-state index in [9.17, 15) is 0 Å². The first-order chi connectivity index (χ1) is 4.43. The van der Waals surface area contributed by atoms with Crippen LogP contribution >= 0.6 is 0 Å². The molecule has 1 rings (SSSR count). The quantitative estimate of drug-likeness (QED) is 0.520. The minimum Gasteiger partial charge on any atom is -0.390 e. The summed E-state index contributed by atoms with van der Waals surface area (Å²) in [5.41, 5.74) is 0. The summed E-state index contributed by atoms with van der Waals surface area (Å²) in [6.07, 6.45) is 6.03. The molecule has 1 N–H and O–H groups in total. The van der Waals surface area contributed by atoms with Crippen molar-refractivity contribution >= 4 is 0 Å². The summed E-state index contributed by atoms with van der Waals surface area (Å²) >= 11 is 0. The molecule has 2 heteroatoms. The molecule has 0 saturated carbocycles. The Kier molecular flexibility index (Phi) is 2.14. The number of hydrogen-bond donors (Lipinski definition) is 1. The van der Waals surface area contributed by atoms with Crippen LogP contribution in [0.3, 0.4) is 0 Å². The third-order valence-corrected chi connectivity index (χ3v) is 1.46. The minimum absolute atomic E-state index is 0.208. The lowest BCUT2D eigenvalue weighted by Gasteiger charge is -2.01. The summed E-state index contributed by atoms with van der Waals surface area (Å²) in [4.78, 5) is 0. The molecule has 0 spiro atoms. The number of nitriles is 1. The third-order valence-electron chi connectivity index (χ3n) is 1.46. The van der Waals surface area contributed by atoms with Crippen molar-refractivity contribution in [2.45, 2.75) is 12.8 Å². The first-order valence-electron chi connectivity index (χ1n) is 3.21. The average Bonchev–Trinajstić information content (AvgIpc) is 2.13. The first-order valence-corrected chi connectivity index (χ1v) is 3.21. The van der Waals surface area contributed by atoms with Crippen molar-refractivity contribution in [3.05, 3.63) is 12.3 Å². The molecule has 0 aromatic rings. The third kappa shape index (κ3) is 1.77. The van der Waals surface area contributed by atoms with E-state index >= 15 is 0 Å². The van der Waals surface area contributed by atoms with Gasteiger partial charge in [-0.25, -0.2) is 0 Å². The van der Waals surface area contributed by atoms with Crippen LogP contribution in [0.15, 0.2) is 12.3 Å². The fourth-order valence-electron chi connectivity index (χ4n) is 0.887. The van der Waals surface area contributed by atoms with Gasteiger partial charge in [-0.2, -0.15) is 5.26 Å². The van der Waals surface area contributed by atoms with Crippen molar-refractivity contribution in [3.8, 4) is 6.07 Å². The molecule has 1 atom stereocenters. The molecule has 1 heterocycles. The maximum absolute atomic E-state index is 8.50. The van der Waals surface area contributed by atoms with Gasteiger partial charge in [-0.15, -0.1) is 0 Å². The Hall–Kier alpha value is -0.970. The molecule has 0 aromatic heterocycles. The smallest absolute Gasteiger partial charge is 0.0674 e. The topological polar surface area (TPSA) is 35.8 Å². The van der Waals surface area contributed by atoms with Crippen molar-refractivity contribution in [1.82, 2.24) is 5.32 Å². The van der Waals surface area contributed by atoms with Crippen LogP contribution in [0.5, 0.6) is 0 Å². The summed E-state index contributed by atoms with van der Waals surface area (Å²) in [5.74, 6) is 0.208. The van der Waals surface area contributed by atoms with Gasteiger partial charge in [0, 0.05) is 6.54 Å². The molecule has 0 amide bonds. The zero-order chi connectivity index (χ0) is 6.53. The van der Waals surface area contributed by atoms with E-state index in [0.29, 0.717) is 0 Å². The van der Waals surface area contributed by atoms with E-state index in [2.05, 4.69) is 17.5 Å². The molecule has 0 fully saturated rings. The van der Waals surface area contributed by atoms with Gasteiger partial charge < -0.3 is 5.32 Å². The molecule has 0 aliphatic carbocycles. The van der Waals surface area contributed by atoms with Crippen molar-refractivity contribution < 1.29 is 0 Å². The molecule has 0 radical (unpaired) electrons. The van der Waals surface area contributed by atoms with E-state index in [4.69, 9.17) is 5.26 Å². The number of nitrogens with one attached hydrogen (secondary N) is 1. The van der Waals surface area contributed by atoms with Crippen LogP contribution in [-0.2, 0) is 0 Å². The van der Waals surface area contributed by atoms with Gasteiger partial charge in [0.25, 0.3) is 0 Å². The van der Waals surface area contributed by atoms with E-state index in [1.165, 1.54) is 0 Å². The van der Waals surface area contributed by atoms with Crippen molar-refractivity contribution in [2.24, 2.45) is 5.92 Å². The lowest BCUT2D eigenvalue weighted by Crippen LogP contribution is -2.14. The second-order valence-electron chi connectivity index (χ2n) is 2.21. The van der Waals surface area contributed by atoms with Gasteiger partial charge in [-0.3, -0.25) is 0 Å². The van der Waals surface area contributed by atoms with Gasteiger partial charge in [-0.05, 0) is 19.0 Å². The molecule has 2 nitrogen and oxygen atoms in total. The van der Waals surface area contributed by atoms with Crippen LogP contribution in [0.1, 0.15) is 12.8 Å². The van der Waals surface area contributed by atoms with Gasteiger partial charge in [0.1, 0.15) is 0 Å². The Labute approximate surface area is 55.2 Å². The highest BCUT2D eigenvalue weighted by Crippen LogP contribution is 2.06. The Morgan fingerprint density at radius 1 is 1.67 bits per heavy atom. The molecule has 1 unspecified atom stereocenters. The van der Waals surface area contributed by atoms with Crippen LogP contribution in [0, 0.1) is 17.2 Å². The van der Waals surface area contributed by atoms with Gasteiger partial charge in [-0.1, -0.05) is 6.08 Å². The fraction of sp³-hybridized carbons (Fsp3) is 0.571. The highest BCUT2D eigenvalue weighted by Gasteiger charge is 2.05. The summed E-state index contributed by atoms with van der Waals surface area (Å²) in [6, 6.07) is 2.24. The molecular weight excluding hydrogens is 112 g/mol. The predicted molar refractivity (Wildman–Crippen MR) is 35.5 cm³/mol. The van der Waals surface area contributed by atoms with Gasteiger partial charge >= 0.3 is 0 Å². The van der Waals surface area contributed by atoms with E-state index in [0.717, 1.165) is 19.4 Å². The lowest BCUT2D eigenvalue weighted by molar-refractivity contribution is 0.600. The van der Waals surface area contributed by atoms with Crippen LogP contribution in [-0.4, -0.2) is 6.54 Å². The predicted octanol–water partition coefficient (Wildman–Crippen LogP) is 1.02. The standard InChI is InChI=1S/C7H10N2/c8-5-7-3-1-2-4-9-6-7/h2,4,7,9H,1,3,6H2. The molecular formula is C7H10N2. The second-order valence-corrected chi connectivity index (χ2v) is 2.21. The molecule has 1 aliphatic heterocycles. The number of rotatable bonds is 0. The zero-order valence-corrected chi connectivity index (χ0v) is 5.30. The van der Waals surface area contributed by atoms with E-state index in [1.807, 2.05) is 6.20 Å². The van der Waals surface area contributed by atoms with Gasteiger partial charge in [0.05, 0.1) is 12.0 Å². The normalized spacial score (nSPS) is 25.9. The highest BCUT2D eigenvalue weighted by molar-refractivity contribution is 4.93. The first kappa shape index (κ1) is 6.15. The van der Waals surface area contributed by atoms with Crippen LogP contribution < -0.4 is 5.32 Å². The zero-order valence-electron chi connectivity index (χ0n) is 5.30. The Morgan fingerprint density at radius 2 is 2.56 bits per heavy atom. The van der Waals surface area contributed by atoms with E-state index in [1.54, 1.807) is 0 Å². The Balaban J connectivity index is 2.37. The molecule has 0 saturated heterocycles. The summed E-state index contributed by atoms with van der Waals surface area (Å²) in [7, 11) is 0. The molecule has 1 aliphatic rings.